The molecule has 0 bridgehead atoms. The fourth-order valence-corrected chi connectivity index (χ4v) is 3.96. The Morgan fingerprint density at radius 3 is 2.41 bits per heavy atom. The number of fused-ring (bicyclic) bond motifs is 3. The number of alkyl carbamates (subject to hydrolysis) is 1. The van der Waals surface area contributed by atoms with E-state index in [-0.39, 0.29) is 30.3 Å². The average molecular weight is 446 g/mol. The van der Waals surface area contributed by atoms with Crippen LogP contribution in [0.3, 0.4) is 0 Å². The number of carbonyl (C=O) groups excluding carboxylic acids is 1. The van der Waals surface area contributed by atoms with Gasteiger partial charge in [-0.1, -0.05) is 72.1 Å². The minimum absolute atomic E-state index is 0.0000121. The van der Waals surface area contributed by atoms with Gasteiger partial charge in [0.1, 0.15) is 6.61 Å². The molecule has 32 heavy (non-hydrogen) atoms. The van der Waals surface area contributed by atoms with Crippen molar-refractivity contribution in [3.8, 4) is 23.0 Å². The summed E-state index contributed by atoms with van der Waals surface area (Å²) >= 11 is 1.24. The van der Waals surface area contributed by atoms with E-state index in [1.54, 1.807) is 6.26 Å². The molecule has 4 rings (SSSR count). The smallest absolute Gasteiger partial charge is 0.407 e. The van der Waals surface area contributed by atoms with Crippen molar-refractivity contribution in [2.75, 3.05) is 19.4 Å². The number of thioether (sulfide) groups is 1. The molecule has 0 aliphatic heterocycles. The average Bonchev–Trinajstić information content (AvgIpc) is 3.14. The Hall–Kier alpha value is -3.83. The van der Waals surface area contributed by atoms with Gasteiger partial charge in [-0.3, -0.25) is 0 Å². The summed E-state index contributed by atoms with van der Waals surface area (Å²) in [5, 5.41) is 12.2. The van der Waals surface area contributed by atoms with E-state index >= 15 is 0 Å². The molecule has 0 atom stereocenters. The summed E-state index contributed by atoms with van der Waals surface area (Å²) in [5.41, 5.74) is 4.61. The highest BCUT2D eigenvalue weighted by atomic mass is 32.2. The molecule has 1 aromatic heterocycles. The molecule has 0 radical (unpaired) electrons. The van der Waals surface area contributed by atoms with Crippen LogP contribution in [0.4, 0.5) is 4.79 Å². The molecule has 0 saturated carbocycles. The number of benzene rings is 2. The summed E-state index contributed by atoms with van der Waals surface area (Å²) in [6, 6.07) is 16.2. The second kappa shape index (κ2) is 9.54. The van der Waals surface area contributed by atoms with Gasteiger partial charge in [0.2, 0.25) is 0 Å². The van der Waals surface area contributed by atoms with Gasteiger partial charge in [0.05, 0.1) is 12.1 Å². The van der Waals surface area contributed by atoms with E-state index < -0.39 is 12.1 Å². The zero-order valence-electron chi connectivity index (χ0n) is 17.2. The molecule has 0 unspecified atom stereocenters. The predicted octanol–water partition coefficient (Wildman–Crippen LogP) is 3.79. The Morgan fingerprint density at radius 2 is 1.78 bits per heavy atom. The lowest BCUT2D eigenvalue weighted by molar-refractivity contribution is 0.0689. The van der Waals surface area contributed by atoms with Crippen molar-refractivity contribution in [3.05, 3.63) is 77.1 Å². The third-order valence-corrected chi connectivity index (χ3v) is 5.60. The van der Waals surface area contributed by atoms with Crippen molar-refractivity contribution >= 4 is 23.8 Å². The van der Waals surface area contributed by atoms with Crippen LogP contribution in [0.2, 0.25) is 0 Å². The van der Waals surface area contributed by atoms with Crippen molar-refractivity contribution in [2.45, 2.75) is 11.1 Å². The first-order valence-electron chi connectivity index (χ1n) is 9.80. The molecule has 8 heteroatoms. The van der Waals surface area contributed by atoms with Crippen LogP contribution in [-0.4, -0.2) is 46.5 Å². The molecule has 1 amide bonds. The Bertz CT molecular complexity index is 1200. The molecule has 1 heterocycles. The van der Waals surface area contributed by atoms with Crippen LogP contribution < -0.4 is 5.32 Å². The van der Waals surface area contributed by atoms with Gasteiger partial charge in [-0.2, -0.15) is 0 Å². The van der Waals surface area contributed by atoms with E-state index in [0.717, 1.165) is 22.3 Å². The lowest BCUT2D eigenvalue weighted by atomic mass is 9.98. The highest BCUT2D eigenvalue weighted by Crippen LogP contribution is 2.44. The maximum Gasteiger partial charge on any atom is 0.407 e. The quantitative estimate of drug-likeness (QED) is 0.350. The molecule has 0 saturated heterocycles. The van der Waals surface area contributed by atoms with Gasteiger partial charge >= 0.3 is 12.1 Å². The van der Waals surface area contributed by atoms with Gasteiger partial charge in [0, 0.05) is 12.1 Å². The fourth-order valence-electron chi connectivity index (χ4n) is 3.62. The highest BCUT2D eigenvalue weighted by molar-refractivity contribution is 7.98. The first-order chi connectivity index (χ1) is 15.6. The number of aromatic nitrogens is 2. The second-order valence-corrected chi connectivity index (χ2v) is 7.68. The number of nitrogens with zero attached hydrogens (tertiary/aromatic N) is 2. The number of amides is 1. The molecular weight excluding hydrogens is 426 g/mol. The Morgan fingerprint density at radius 1 is 1.12 bits per heavy atom. The van der Waals surface area contributed by atoms with Crippen molar-refractivity contribution in [2.24, 2.45) is 0 Å². The number of carbonyl (C=O) groups is 2. The zero-order valence-corrected chi connectivity index (χ0v) is 18.0. The molecular formula is C24H19N3O4S. The number of carboxylic acid groups (broad SMARTS) is 1. The van der Waals surface area contributed by atoms with E-state index in [4.69, 9.17) is 4.74 Å². The Labute approximate surface area is 189 Å². The highest BCUT2D eigenvalue weighted by Gasteiger charge is 2.28. The zero-order chi connectivity index (χ0) is 22.5. The van der Waals surface area contributed by atoms with Crippen molar-refractivity contribution in [3.63, 3.8) is 0 Å². The number of hydrogen-bond donors (Lipinski definition) is 2. The molecule has 160 valence electrons. The molecule has 1 aliphatic rings. The maximum atomic E-state index is 12.2. The molecule has 7 nitrogen and oxygen atoms in total. The minimum Gasteiger partial charge on any atom is -0.476 e. The topological polar surface area (TPSA) is 101 Å². The van der Waals surface area contributed by atoms with Gasteiger partial charge in [-0.25, -0.2) is 19.6 Å². The maximum absolute atomic E-state index is 12.2. The van der Waals surface area contributed by atoms with Crippen LogP contribution in [0.5, 0.6) is 0 Å². The molecule has 0 fully saturated rings. The molecule has 0 spiro atoms. The summed E-state index contributed by atoms with van der Waals surface area (Å²) < 4.78 is 5.44. The number of nitrogens with one attached hydrogen (secondary N) is 1. The van der Waals surface area contributed by atoms with Crippen LogP contribution in [0.15, 0.2) is 59.9 Å². The van der Waals surface area contributed by atoms with E-state index in [9.17, 15) is 14.7 Å². The van der Waals surface area contributed by atoms with Crippen LogP contribution in [0, 0.1) is 11.8 Å². The normalized spacial score (nSPS) is 11.7. The Balaban J connectivity index is 1.36. The van der Waals surface area contributed by atoms with E-state index in [1.165, 1.54) is 18.0 Å². The Kier molecular flexibility index (Phi) is 6.38. The number of rotatable bonds is 5. The number of hydrogen-bond acceptors (Lipinski definition) is 6. The monoisotopic (exact) mass is 445 g/mol. The van der Waals surface area contributed by atoms with Gasteiger partial charge in [0.15, 0.2) is 10.9 Å². The summed E-state index contributed by atoms with van der Waals surface area (Å²) in [5.74, 6) is 4.19. The summed E-state index contributed by atoms with van der Waals surface area (Å²) in [6.45, 7) is 0.209. The van der Waals surface area contributed by atoms with Crippen LogP contribution in [0.1, 0.15) is 33.1 Å². The van der Waals surface area contributed by atoms with Crippen LogP contribution >= 0.6 is 11.8 Å². The fraction of sp³-hybridized carbons (Fsp3) is 0.167. The number of ether oxygens (including phenoxy) is 1. The number of carboxylic acids is 1. The summed E-state index contributed by atoms with van der Waals surface area (Å²) in [6.07, 6.45) is 2.53. The largest absolute Gasteiger partial charge is 0.476 e. The van der Waals surface area contributed by atoms with E-state index in [0.29, 0.717) is 5.16 Å². The van der Waals surface area contributed by atoms with Gasteiger partial charge < -0.3 is 15.2 Å². The second-order valence-electron chi connectivity index (χ2n) is 6.91. The third-order valence-electron chi connectivity index (χ3n) is 5.04. The van der Waals surface area contributed by atoms with Gasteiger partial charge in [-0.05, 0) is 28.5 Å². The van der Waals surface area contributed by atoms with Crippen molar-refractivity contribution in [1.82, 2.24) is 15.3 Å². The number of aromatic carboxylic acids is 1. The molecule has 1 aliphatic carbocycles. The summed E-state index contributed by atoms with van der Waals surface area (Å²) in [4.78, 5) is 31.5. The molecule has 2 aromatic carbocycles. The SMILES string of the molecule is CSc1ncc(C#CCNC(=O)OCC2c3ccccc3-c3ccccc32)c(C(=O)O)n1. The first kappa shape index (κ1) is 21.4. The van der Waals surface area contributed by atoms with Gasteiger partial charge in [-0.15, -0.1) is 0 Å². The lowest BCUT2D eigenvalue weighted by Gasteiger charge is -2.14. The standard InChI is InChI=1S/C24H19N3O4S/c1-32-23-26-13-15(21(27-23)22(28)29)7-6-12-25-24(30)31-14-20-18-10-4-2-8-16(18)17-9-3-5-11-19(17)20/h2-5,8-11,13,20H,12,14H2,1H3,(H,25,30)(H,28,29). The third kappa shape index (κ3) is 4.43. The minimum atomic E-state index is -1.18. The predicted molar refractivity (Wildman–Crippen MR) is 121 cm³/mol. The van der Waals surface area contributed by atoms with E-state index in [2.05, 4.69) is 51.4 Å². The lowest BCUT2D eigenvalue weighted by Crippen LogP contribution is -2.26. The van der Waals surface area contributed by atoms with Crippen LogP contribution in [-0.2, 0) is 4.74 Å². The molecule has 2 N–H and O–H groups in total. The van der Waals surface area contributed by atoms with E-state index in [1.807, 2.05) is 24.3 Å². The molecule has 3 aromatic rings. The van der Waals surface area contributed by atoms with Crippen molar-refractivity contribution < 1.29 is 19.4 Å². The van der Waals surface area contributed by atoms with Gasteiger partial charge in [0.25, 0.3) is 0 Å². The summed E-state index contributed by atoms with van der Waals surface area (Å²) in [7, 11) is 0. The first-order valence-corrected chi connectivity index (χ1v) is 11.0. The van der Waals surface area contributed by atoms with Crippen LogP contribution in [0.25, 0.3) is 11.1 Å². The van der Waals surface area contributed by atoms with Crippen molar-refractivity contribution in [1.29, 1.82) is 0 Å².